The first-order valence-corrected chi connectivity index (χ1v) is 7.20. The highest BCUT2D eigenvalue weighted by molar-refractivity contribution is 5.16. The smallest absolute Gasteiger partial charge is 0.0882 e. The highest BCUT2D eigenvalue weighted by Crippen LogP contribution is 2.53. The molecule has 2 N–H and O–H groups in total. The van der Waals surface area contributed by atoms with Crippen LogP contribution in [0.25, 0.3) is 0 Å². The Kier molecular flexibility index (Phi) is 3.46. The Balaban J connectivity index is 2.25. The standard InChI is InChI=1S/C15H26N2O/c1-12-10-17-9-8-15(12,18)14(11-16)6-4-13(2,3)5-7-14/h12,17-18H,4-10H2,1-3H3. The second-order valence-corrected chi connectivity index (χ2v) is 7.14. The molecule has 0 aromatic rings. The molecule has 1 saturated carbocycles. The molecule has 0 radical (unpaired) electrons. The molecule has 2 rings (SSSR count). The maximum absolute atomic E-state index is 11.1. The number of nitrogens with zero attached hydrogens (tertiary/aromatic N) is 1. The van der Waals surface area contributed by atoms with E-state index >= 15 is 0 Å². The van der Waals surface area contributed by atoms with Crippen molar-refractivity contribution in [3.63, 3.8) is 0 Å². The fraction of sp³-hybridized carbons (Fsp3) is 0.933. The van der Waals surface area contributed by atoms with Crippen molar-refractivity contribution < 1.29 is 5.11 Å². The summed E-state index contributed by atoms with van der Waals surface area (Å²) in [7, 11) is 0. The van der Waals surface area contributed by atoms with Crippen molar-refractivity contribution >= 4 is 0 Å². The van der Waals surface area contributed by atoms with Gasteiger partial charge in [0.15, 0.2) is 0 Å². The molecule has 18 heavy (non-hydrogen) atoms. The Morgan fingerprint density at radius 2 is 1.78 bits per heavy atom. The highest BCUT2D eigenvalue weighted by Gasteiger charge is 2.56. The Labute approximate surface area is 111 Å². The average Bonchev–Trinajstić information content (AvgIpc) is 2.34. The minimum Gasteiger partial charge on any atom is -0.388 e. The van der Waals surface area contributed by atoms with Gasteiger partial charge in [-0.15, -0.1) is 0 Å². The van der Waals surface area contributed by atoms with E-state index in [1.54, 1.807) is 0 Å². The van der Waals surface area contributed by atoms with Crippen LogP contribution < -0.4 is 5.32 Å². The third-order valence-electron chi connectivity index (χ3n) is 5.45. The molecule has 0 bridgehead atoms. The Bertz CT molecular complexity index is 348. The lowest BCUT2D eigenvalue weighted by Crippen LogP contribution is -2.60. The van der Waals surface area contributed by atoms with E-state index in [-0.39, 0.29) is 5.92 Å². The van der Waals surface area contributed by atoms with Crippen LogP contribution in [0.1, 0.15) is 52.9 Å². The first-order chi connectivity index (χ1) is 8.35. The number of nitrogens with one attached hydrogen (secondary N) is 1. The summed E-state index contributed by atoms with van der Waals surface area (Å²) in [5.74, 6) is 0.159. The lowest BCUT2D eigenvalue weighted by Gasteiger charge is -2.53. The molecule has 1 aliphatic carbocycles. The second-order valence-electron chi connectivity index (χ2n) is 7.14. The van der Waals surface area contributed by atoms with Crippen LogP contribution >= 0.6 is 0 Å². The summed E-state index contributed by atoms with van der Waals surface area (Å²) in [6.45, 7) is 8.26. The molecule has 3 heteroatoms. The van der Waals surface area contributed by atoms with Crippen molar-refractivity contribution in [3.8, 4) is 6.07 Å². The van der Waals surface area contributed by atoms with Crippen molar-refractivity contribution in [3.05, 3.63) is 0 Å². The zero-order chi connectivity index (χ0) is 13.4. The van der Waals surface area contributed by atoms with Crippen LogP contribution in [0.3, 0.4) is 0 Å². The summed E-state index contributed by atoms with van der Waals surface area (Å²) in [5, 5.41) is 24.2. The Hall–Kier alpha value is -0.590. The van der Waals surface area contributed by atoms with Gasteiger partial charge in [-0.25, -0.2) is 0 Å². The fourth-order valence-corrected chi connectivity index (χ4v) is 3.72. The number of piperidine rings is 1. The van der Waals surface area contributed by atoms with Crippen molar-refractivity contribution in [1.82, 2.24) is 5.32 Å². The van der Waals surface area contributed by atoms with Crippen LogP contribution in [0.4, 0.5) is 0 Å². The fourth-order valence-electron chi connectivity index (χ4n) is 3.72. The molecule has 0 aromatic heterocycles. The Morgan fingerprint density at radius 3 is 2.28 bits per heavy atom. The van der Waals surface area contributed by atoms with Crippen LogP contribution in [0.15, 0.2) is 0 Å². The monoisotopic (exact) mass is 250 g/mol. The van der Waals surface area contributed by atoms with Gasteiger partial charge in [0.1, 0.15) is 0 Å². The summed E-state index contributed by atoms with van der Waals surface area (Å²) < 4.78 is 0. The van der Waals surface area contributed by atoms with E-state index in [1.165, 1.54) is 0 Å². The average molecular weight is 250 g/mol. The van der Waals surface area contributed by atoms with Gasteiger partial charge in [-0.3, -0.25) is 0 Å². The molecule has 1 heterocycles. The molecule has 2 unspecified atom stereocenters. The molecule has 0 spiro atoms. The molecule has 2 aliphatic rings. The lowest BCUT2D eigenvalue weighted by molar-refractivity contribution is -0.134. The predicted octanol–water partition coefficient (Wildman–Crippen LogP) is 2.46. The van der Waals surface area contributed by atoms with Gasteiger partial charge in [0.2, 0.25) is 0 Å². The van der Waals surface area contributed by atoms with E-state index in [1.807, 2.05) is 0 Å². The summed E-state index contributed by atoms with van der Waals surface area (Å²) in [6, 6.07) is 2.52. The van der Waals surface area contributed by atoms with Crippen LogP contribution in [0.5, 0.6) is 0 Å². The van der Waals surface area contributed by atoms with Crippen LogP contribution in [-0.2, 0) is 0 Å². The topological polar surface area (TPSA) is 56.0 Å². The third kappa shape index (κ3) is 2.06. The van der Waals surface area contributed by atoms with E-state index in [0.29, 0.717) is 11.8 Å². The first-order valence-electron chi connectivity index (χ1n) is 7.20. The van der Waals surface area contributed by atoms with Crippen LogP contribution in [-0.4, -0.2) is 23.8 Å². The summed E-state index contributed by atoms with van der Waals surface area (Å²) in [5.41, 5.74) is -1.000. The van der Waals surface area contributed by atoms with Gasteiger partial charge < -0.3 is 10.4 Å². The van der Waals surface area contributed by atoms with Gasteiger partial charge in [-0.2, -0.15) is 5.26 Å². The number of aliphatic hydroxyl groups is 1. The number of rotatable bonds is 1. The van der Waals surface area contributed by atoms with Gasteiger partial charge in [-0.05, 0) is 50.0 Å². The minimum atomic E-state index is -0.802. The first kappa shape index (κ1) is 13.8. The Morgan fingerprint density at radius 1 is 1.17 bits per heavy atom. The summed E-state index contributed by atoms with van der Waals surface area (Å²) in [4.78, 5) is 0. The molecule has 1 saturated heterocycles. The highest BCUT2D eigenvalue weighted by atomic mass is 16.3. The number of hydrogen-bond acceptors (Lipinski definition) is 3. The molecular weight excluding hydrogens is 224 g/mol. The SMILES string of the molecule is CC1CNCCC1(O)C1(C#N)CCC(C)(C)CC1. The van der Waals surface area contributed by atoms with Gasteiger partial charge in [0.05, 0.1) is 17.1 Å². The maximum atomic E-state index is 11.1. The van der Waals surface area contributed by atoms with Crippen molar-refractivity contribution in [2.75, 3.05) is 13.1 Å². The zero-order valence-corrected chi connectivity index (χ0v) is 11.9. The van der Waals surface area contributed by atoms with Gasteiger partial charge in [0.25, 0.3) is 0 Å². The second kappa shape index (κ2) is 4.51. The van der Waals surface area contributed by atoms with E-state index in [4.69, 9.17) is 0 Å². The molecule has 1 aliphatic heterocycles. The quantitative estimate of drug-likeness (QED) is 0.751. The number of hydrogen-bond donors (Lipinski definition) is 2. The molecule has 2 fully saturated rings. The van der Waals surface area contributed by atoms with Crippen molar-refractivity contribution in [2.24, 2.45) is 16.7 Å². The zero-order valence-electron chi connectivity index (χ0n) is 11.9. The molecule has 2 atom stereocenters. The van der Waals surface area contributed by atoms with E-state index in [9.17, 15) is 10.4 Å². The van der Waals surface area contributed by atoms with Crippen molar-refractivity contribution in [2.45, 2.75) is 58.5 Å². The molecule has 102 valence electrons. The molecule has 0 aromatic carbocycles. The van der Waals surface area contributed by atoms with Crippen LogP contribution in [0, 0.1) is 28.1 Å². The van der Waals surface area contributed by atoms with Crippen LogP contribution in [0.2, 0.25) is 0 Å². The summed E-state index contributed by atoms with van der Waals surface area (Å²) >= 11 is 0. The van der Waals surface area contributed by atoms with Gasteiger partial charge >= 0.3 is 0 Å². The van der Waals surface area contributed by atoms with E-state index < -0.39 is 11.0 Å². The minimum absolute atomic E-state index is 0.159. The normalized spacial score (nSPS) is 38.9. The number of nitriles is 1. The summed E-state index contributed by atoms with van der Waals surface area (Å²) in [6.07, 6.45) is 4.49. The van der Waals surface area contributed by atoms with Gasteiger partial charge in [0, 0.05) is 6.54 Å². The molecule has 3 nitrogen and oxygen atoms in total. The molecular formula is C15H26N2O. The predicted molar refractivity (Wildman–Crippen MR) is 71.9 cm³/mol. The third-order valence-corrected chi connectivity index (χ3v) is 5.45. The maximum Gasteiger partial charge on any atom is 0.0882 e. The van der Waals surface area contributed by atoms with E-state index in [0.717, 1.165) is 38.8 Å². The molecule has 0 amide bonds. The lowest BCUT2D eigenvalue weighted by atomic mass is 9.54. The van der Waals surface area contributed by atoms with E-state index in [2.05, 4.69) is 32.2 Å². The largest absolute Gasteiger partial charge is 0.388 e. The van der Waals surface area contributed by atoms with Gasteiger partial charge in [-0.1, -0.05) is 20.8 Å². The van der Waals surface area contributed by atoms with Crippen molar-refractivity contribution in [1.29, 1.82) is 5.26 Å².